The Morgan fingerprint density at radius 1 is 1.56 bits per heavy atom. The normalized spacial score (nSPS) is 22.0. The van der Waals surface area contributed by atoms with E-state index in [4.69, 9.17) is 9.47 Å². The number of carbonyl (C=O) groups excluding carboxylic acids is 1. The van der Waals surface area contributed by atoms with Crippen LogP contribution < -0.4 is 5.32 Å². The summed E-state index contributed by atoms with van der Waals surface area (Å²) in [7, 11) is 0. The molecule has 1 fully saturated rings. The van der Waals surface area contributed by atoms with E-state index in [1.54, 1.807) is 0 Å². The lowest BCUT2D eigenvalue weighted by atomic mass is 10.0. The van der Waals surface area contributed by atoms with Crippen LogP contribution in [0, 0.1) is 5.92 Å². The Morgan fingerprint density at radius 3 is 3.00 bits per heavy atom. The molecular weight excluding hydrogens is 206 g/mol. The Balaban J connectivity index is 2.05. The van der Waals surface area contributed by atoms with Crippen LogP contribution in [0.25, 0.3) is 0 Å². The number of carbonyl (C=O) groups is 1. The van der Waals surface area contributed by atoms with E-state index in [1.165, 1.54) is 6.42 Å². The maximum atomic E-state index is 11.5. The number of hydrogen-bond donors (Lipinski definition) is 1. The number of nitrogens with one attached hydrogen (secondary N) is 1. The predicted octanol–water partition coefficient (Wildman–Crippen LogP) is 1.34. The second kappa shape index (κ2) is 7.63. The zero-order valence-electron chi connectivity index (χ0n) is 10.3. The highest BCUT2D eigenvalue weighted by molar-refractivity contribution is 5.69. The third-order valence-electron chi connectivity index (χ3n) is 2.81. The van der Waals surface area contributed by atoms with Crippen LogP contribution in [0.15, 0.2) is 0 Å². The van der Waals surface area contributed by atoms with Gasteiger partial charge in [0.05, 0.1) is 6.61 Å². The first-order chi connectivity index (χ1) is 7.72. The standard InChI is InChI=1S/C12H23NO3/c1-3-15-9-10(2)16-12(14)5-4-11-6-7-13-8-11/h10-11,13H,3-9H2,1-2H3. The second-order valence-corrected chi connectivity index (χ2v) is 4.36. The second-order valence-electron chi connectivity index (χ2n) is 4.36. The van der Waals surface area contributed by atoms with Gasteiger partial charge in [0.15, 0.2) is 0 Å². The summed E-state index contributed by atoms with van der Waals surface area (Å²) < 4.78 is 10.4. The monoisotopic (exact) mass is 229 g/mol. The molecule has 0 saturated carbocycles. The highest BCUT2D eigenvalue weighted by Crippen LogP contribution is 2.14. The highest BCUT2D eigenvalue weighted by Gasteiger charge is 2.17. The van der Waals surface area contributed by atoms with Crippen LogP contribution in [0.3, 0.4) is 0 Å². The predicted molar refractivity (Wildman–Crippen MR) is 62.3 cm³/mol. The third kappa shape index (κ3) is 5.47. The Bertz CT molecular complexity index is 202. The molecular formula is C12H23NO3. The molecule has 2 unspecified atom stereocenters. The maximum Gasteiger partial charge on any atom is 0.306 e. The van der Waals surface area contributed by atoms with Crippen molar-refractivity contribution in [3.8, 4) is 0 Å². The van der Waals surface area contributed by atoms with E-state index >= 15 is 0 Å². The van der Waals surface area contributed by atoms with Gasteiger partial charge in [-0.2, -0.15) is 0 Å². The van der Waals surface area contributed by atoms with Crippen molar-refractivity contribution in [3.63, 3.8) is 0 Å². The van der Waals surface area contributed by atoms with Crippen LogP contribution in [-0.4, -0.2) is 38.4 Å². The van der Waals surface area contributed by atoms with Crippen LogP contribution in [0.2, 0.25) is 0 Å². The molecule has 0 radical (unpaired) electrons. The quantitative estimate of drug-likeness (QED) is 0.669. The number of rotatable bonds is 7. The molecule has 1 heterocycles. The molecule has 0 aromatic rings. The first kappa shape index (κ1) is 13.5. The molecule has 1 saturated heterocycles. The summed E-state index contributed by atoms with van der Waals surface area (Å²) in [5, 5.41) is 3.29. The average Bonchev–Trinajstić information content (AvgIpc) is 2.76. The summed E-state index contributed by atoms with van der Waals surface area (Å²) in [5.74, 6) is 0.550. The smallest absolute Gasteiger partial charge is 0.306 e. The first-order valence-corrected chi connectivity index (χ1v) is 6.20. The molecule has 1 N–H and O–H groups in total. The summed E-state index contributed by atoms with van der Waals surface area (Å²) in [6.07, 6.45) is 2.52. The average molecular weight is 229 g/mol. The SMILES string of the molecule is CCOCC(C)OC(=O)CCC1CCNC1. The van der Waals surface area contributed by atoms with Crippen LogP contribution in [0.5, 0.6) is 0 Å². The number of hydrogen-bond acceptors (Lipinski definition) is 4. The summed E-state index contributed by atoms with van der Waals surface area (Å²) in [6.45, 7) is 7.08. The van der Waals surface area contributed by atoms with Crippen molar-refractivity contribution in [2.45, 2.75) is 39.2 Å². The van der Waals surface area contributed by atoms with Crippen molar-refractivity contribution in [1.29, 1.82) is 0 Å². The number of esters is 1. The molecule has 2 atom stereocenters. The molecule has 0 aromatic heterocycles. The molecule has 4 heteroatoms. The maximum absolute atomic E-state index is 11.5. The topological polar surface area (TPSA) is 47.6 Å². The molecule has 16 heavy (non-hydrogen) atoms. The van der Waals surface area contributed by atoms with Crippen molar-refractivity contribution < 1.29 is 14.3 Å². The van der Waals surface area contributed by atoms with Gasteiger partial charge in [-0.1, -0.05) is 0 Å². The van der Waals surface area contributed by atoms with E-state index in [0.29, 0.717) is 25.6 Å². The van der Waals surface area contributed by atoms with Crippen LogP contribution in [0.1, 0.15) is 33.1 Å². The Morgan fingerprint density at radius 2 is 2.38 bits per heavy atom. The molecule has 4 nitrogen and oxygen atoms in total. The van der Waals surface area contributed by atoms with Crippen molar-refractivity contribution in [1.82, 2.24) is 5.32 Å². The van der Waals surface area contributed by atoms with E-state index in [1.807, 2.05) is 13.8 Å². The fourth-order valence-corrected chi connectivity index (χ4v) is 1.88. The fourth-order valence-electron chi connectivity index (χ4n) is 1.88. The molecule has 1 aliphatic heterocycles. The largest absolute Gasteiger partial charge is 0.460 e. The molecule has 1 aliphatic rings. The van der Waals surface area contributed by atoms with Gasteiger partial charge in [-0.25, -0.2) is 0 Å². The summed E-state index contributed by atoms with van der Waals surface area (Å²) in [6, 6.07) is 0. The van der Waals surface area contributed by atoms with Gasteiger partial charge in [-0.05, 0) is 45.7 Å². The van der Waals surface area contributed by atoms with Gasteiger partial charge in [-0.3, -0.25) is 4.79 Å². The van der Waals surface area contributed by atoms with Gasteiger partial charge in [-0.15, -0.1) is 0 Å². The minimum absolute atomic E-state index is 0.0981. The molecule has 0 spiro atoms. The van der Waals surface area contributed by atoms with Crippen molar-refractivity contribution in [2.24, 2.45) is 5.92 Å². The fraction of sp³-hybridized carbons (Fsp3) is 0.917. The first-order valence-electron chi connectivity index (χ1n) is 6.20. The molecule has 0 aliphatic carbocycles. The molecule has 94 valence electrons. The zero-order chi connectivity index (χ0) is 11.8. The molecule has 0 amide bonds. The summed E-state index contributed by atoms with van der Waals surface area (Å²) in [5.41, 5.74) is 0. The van der Waals surface area contributed by atoms with Gasteiger partial charge in [0.1, 0.15) is 6.10 Å². The molecule has 1 rings (SSSR count). The van der Waals surface area contributed by atoms with Gasteiger partial charge >= 0.3 is 5.97 Å². The van der Waals surface area contributed by atoms with Crippen molar-refractivity contribution in [3.05, 3.63) is 0 Å². The summed E-state index contributed by atoms with van der Waals surface area (Å²) >= 11 is 0. The minimum Gasteiger partial charge on any atom is -0.460 e. The number of ether oxygens (including phenoxy) is 2. The van der Waals surface area contributed by atoms with E-state index in [0.717, 1.165) is 19.5 Å². The molecule has 0 bridgehead atoms. The third-order valence-corrected chi connectivity index (χ3v) is 2.81. The Kier molecular flexibility index (Phi) is 6.42. The van der Waals surface area contributed by atoms with Gasteiger partial charge in [0.2, 0.25) is 0 Å². The van der Waals surface area contributed by atoms with E-state index in [-0.39, 0.29) is 12.1 Å². The van der Waals surface area contributed by atoms with Crippen molar-refractivity contribution >= 4 is 5.97 Å². The zero-order valence-corrected chi connectivity index (χ0v) is 10.3. The van der Waals surface area contributed by atoms with Crippen molar-refractivity contribution in [2.75, 3.05) is 26.3 Å². The molecule has 0 aromatic carbocycles. The van der Waals surface area contributed by atoms with Crippen LogP contribution in [-0.2, 0) is 14.3 Å². The van der Waals surface area contributed by atoms with Crippen LogP contribution >= 0.6 is 0 Å². The lowest BCUT2D eigenvalue weighted by Crippen LogP contribution is -2.21. The van der Waals surface area contributed by atoms with E-state index < -0.39 is 0 Å². The lowest BCUT2D eigenvalue weighted by molar-refractivity contribution is -0.151. The van der Waals surface area contributed by atoms with Gasteiger partial charge in [0.25, 0.3) is 0 Å². The summed E-state index contributed by atoms with van der Waals surface area (Å²) in [4.78, 5) is 11.5. The highest BCUT2D eigenvalue weighted by atomic mass is 16.6. The minimum atomic E-state index is -0.130. The van der Waals surface area contributed by atoms with E-state index in [2.05, 4.69) is 5.32 Å². The Hall–Kier alpha value is -0.610. The van der Waals surface area contributed by atoms with Gasteiger partial charge < -0.3 is 14.8 Å². The van der Waals surface area contributed by atoms with Gasteiger partial charge in [0, 0.05) is 13.0 Å². The van der Waals surface area contributed by atoms with Crippen LogP contribution in [0.4, 0.5) is 0 Å². The van der Waals surface area contributed by atoms with E-state index in [9.17, 15) is 4.79 Å². The Labute approximate surface area is 97.7 Å². The lowest BCUT2D eigenvalue weighted by Gasteiger charge is -2.13.